The average molecular weight is 276 g/mol. The van der Waals surface area contributed by atoms with Gasteiger partial charge >= 0.3 is 0 Å². The lowest BCUT2D eigenvalue weighted by molar-refractivity contribution is -0.115. The van der Waals surface area contributed by atoms with Crippen LogP contribution in [0.5, 0.6) is 0 Å². The Hall–Kier alpha value is -1.45. The molecule has 90 valence electrons. The van der Waals surface area contributed by atoms with Crippen LogP contribution >= 0.6 is 23.4 Å². The third-order valence-electron chi connectivity index (χ3n) is 2.80. The van der Waals surface area contributed by atoms with E-state index in [1.807, 2.05) is 48.5 Å². The lowest BCUT2D eigenvalue weighted by atomic mass is 10.1. The summed E-state index contributed by atoms with van der Waals surface area (Å²) in [6, 6.07) is 15.2. The Labute approximate surface area is 114 Å². The van der Waals surface area contributed by atoms with Crippen molar-refractivity contribution in [2.45, 2.75) is 10.1 Å². The molecule has 1 aliphatic rings. The normalized spacial score (nSPS) is 18.1. The predicted molar refractivity (Wildman–Crippen MR) is 75.1 cm³/mol. The first kappa shape index (κ1) is 11.6. The van der Waals surface area contributed by atoms with Gasteiger partial charge in [-0.1, -0.05) is 35.9 Å². The van der Waals surface area contributed by atoms with E-state index in [-0.39, 0.29) is 11.2 Å². The average Bonchev–Trinajstić information content (AvgIpc) is 2.39. The molecule has 1 amide bonds. The predicted octanol–water partition coefficient (Wildman–Crippen LogP) is 4.13. The number of amides is 1. The number of fused-ring (bicyclic) bond motifs is 1. The van der Waals surface area contributed by atoms with Gasteiger partial charge in [0.05, 0.1) is 5.69 Å². The number of hydrogen-bond acceptors (Lipinski definition) is 2. The third kappa shape index (κ3) is 2.11. The molecule has 0 spiro atoms. The molecule has 1 aliphatic heterocycles. The number of nitrogens with one attached hydrogen (secondary N) is 1. The van der Waals surface area contributed by atoms with Gasteiger partial charge in [-0.15, -0.1) is 11.8 Å². The quantitative estimate of drug-likeness (QED) is 0.848. The Morgan fingerprint density at radius 2 is 1.78 bits per heavy atom. The zero-order valence-electron chi connectivity index (χ0n) is 9.39. The zero-order chi connectivity index (χ0) is 12.5. The van der Waals surface area contributed by atoms with Crippen molar-refractivity contribution in [3.05, 3.63) is 59.1 Å². The summed E-state index contributed by atoms with van der Waals surface area (Å²) in [7, 11) is 0. The molecular weight excluding hydrogens is 266 g/mol. The van der Waals surface area contributed by atoms with Gasteiger partial charge in [0.15, 0.2) is 0 Å². The van der Waals surface area contributed by atoms with Crippen LogP contribution < -0.4 is 5.32 Å². The molecule has 3 rings (SSSR count). The lowest BCUT2D eigenvalue weighted by Crippen LogP contribution is -2.22. The maximum Gasteiger partial charge on any atom is 0.242 e. The molecule has 18 heavy (non-hydrogen) atoms. The largest absolute Gasteiger partial charge is 0.324 e. The van der Waals surface area contributed by atoms with Gasteiger partial charge in [0, 0.05) is 9.92 Å². The van der Waals surface area contributed by atoms with E-state index in [1.165, 1.54) is 0 Å². The van der Waals surface area contributed by atoms with Gasteiger partial charge in [-0.05, 0) is 29.8 Å². The van der Waals surface area contributed by atoms with Gasteiger partial charge in [0.25, 0.3) is 0 Å². The van der Waals surface area contributed by atoms with Crippen molar-refractivity contribution >= 4 is 35.0 Å². The van der Waals surface area contributed by atoms with E-state index in [1.54, 1.807) is 11.8 Å². The van der Waals surface area contributed by atoms with Crippen LogP contribution in [0, 0.1) is 0 Å². The number of thioether (sulfide) groups is 1. The molecule has 2 aromatic carbocycles. The van der Waals surface area contributed by atoms with Crippen LogP contribution in [0.15, 0.2) is 53.4 Å². The molecule has 2 nitrogen and oxygen atoms in total. The topological polar surface area (TPSA) is 29.1 Å². The second-order valence-electron chi connectivity index (χ2n) is 4.03. The second kappa shape index (κ2) is 4.67. The number of benzene rings is 2. The Morgan fingerprint density at radius 1 is 1.06 bits per heavy atom. The molecule has 0 saturated carbocycles. The second-order valence-corrected chi connectivity index (χ2v) is 5.62. The third-order valence-corrected chi connectivity index (χ3v) is 4.38. The van der Waals surface area contributed by atoms with Crippen LogP contribution in [0.2, 0.25) is 5.02 Å². The summed E-state index contributed by atoms with van der Waals surface area (Å²) < 4.78 is 0. The number of carbonyl (C=O) groups is 1. The van der Waals surface area contributed by atoms with E-state index in [9.17, 15) is 4.79 Å². The monoisotopic (exact) mass is 275 g/mol. The molecule has 1 unspecified atom stereocenters. The molecule has 0 aliphatic carbocycles. The summed E-state index contributed by atoms with van der Waals surface area (Å²) in [4.78, 5) is 13.2. The summed E-state index contributed by atoms with van der Waals surface area (Å²) in [5.41, 5.74) is 1.86. The van der Waals surface area contributed by atoms with Gasteiger partial charge in [-0.2, -0.15) is 0 Å². The molecule has 0 saturated heterocycles. The number of anilines is 1. The number of carbonyl (C=O) groups excluding carboxylic acids is 1. The van der Waals surface area contributed by atoms with E-state index in [4.69, 9.17) is 11.6 Å². The van der Waals surface area contributed by atoms with Crippen molar-refractivity contribution in [2.24, 2.45) is 0 Å². The highest BCUT2D eigenvalue weighted by Crippen LogP contribution is 2.43. The highest BCUT2D eigenvalue weighted by Gasteiger charge is 2.27. The number of hydrogen-bond donors (Lipinski definition) is 1. The maximum atomic E-state index is 12.1. The minimum Gasteiger partial charge on any atom is -0.324 e. The Kier molecular flexibility index (Phi) is 3.02. The van der Waals surface area contributed by atoms with Crippen LogP contribution in [0.4, 0.5) is 5.69 Å². The molecular formula is C14H10ClNOS. The molecule has 1 heterocycles. The van der Waals surface area contributed by atoms with Crippen molar-refractivity contribution in [2.75, 3.05) is 5.32 Å². The first-order valence-corrected chi connectivity index (χ1v) is 6.82. The summed E-state index contributed by atoms with van der Waals surface area (Å²) in [5.74, 6) is 0.0148. The SMILES string of the molecule is O=C1Nc2ccccc2SC1c1ccc(Cl)cc1. The molecule has 1 N–H and O–H groups in total. The minimum absolute atomic E-state index is 0.0148. The van der Waals surface area contributed by atoms with Gasteiger partial charge in [-0.3, -0.25) is 4.79 Å². The van der Waals surface area contributed by atoms with E-state index in [0.29, 0.717) is 5.02 Å². The van der Waals surface area contributed by atoms with Gasteiger partial charge in [0.1, 0.15) is 5.25 Å². The van der Waals surface area contributed by atoms with Gasteiger partial charge in [-0.25, -0.2) is 0 Å². The van der Waals surface area contributed by atoms with Crippen LogP contribution in [-0.4, -0.2) is 5.91 Å². The smallest absolute Gasteiger partial charge is 0.242 e. The van der Waals surface area contributed by atoms with Crippen molar-refractivity contribution in [1.29, 1.82) is 0 Å². The first-order chi connectivity index (χ1) is 8.74. The van der Waals surface area contributed by atoms with E-state index < -0.39 is 0 Å². The summed E-state index contributed by atoms with van der Waals surface area (Å²) in [5, 5.41) is 3.40. The fourth-order valence-corrected chi connectivity index (χ4v) is 3.15. The van der Waals surface area contributed by atoms with Crippen molar-refractivity contribution in [3.8, 4) is 0 Å². The molecule has 4 heteroatoms. The molecule has 1 atom stereocenters. The molecule has 0 fully saturated rings. The fraction of sp³-hybridized carbons (Fsp3) is 0.0714. The maximum absolute atomic E-state index is 12.1. The Bertz CT molecular complexity index is 597. The highest BCUT2D eigenvalue weighted by atomic mass is 35.5. The van der Waals surface area contributed by atoms with E-state index in [0.717, 1.165) is 16.1 Å². The number of rotatable bonds is 1. The minimum atomic E-state index is -0.211. The first-order valence-electron chi connectivity index (χ1n) is 5.56. The fourth-order valence-electron chi connectivity index (χ4n) is 1.91. The lowest BCUT2D eigenvalue weighted by Gasteiger charge is -2.24. The van der Waals surface area contributed by atoms with Crippen LogP contribution in [-0.2, 0) is 4.79 Å². The molecule has 2 aromatic rings. The summed E-state index contributed by atoms with van der Waals surface area (Å²) in [6.07, 6.45) is 0. The van der Waals surface area contributed by atoms with Crippen molar-refractivity contribution < 1.29 is 4.79 Å². The van der Waals surface area contributed by atoms with E-state index >= 15 is 0 Å². The van der Waals surface area contributed by atoms with Crippen LogP contribution in [0.1, 0.15) is 10.8 Å². The number of halogens is 1. The molecule has 0 radical (unpaired) electrons. The van der Waals surface area contributed by atoms with Crippen LogP contribution in [0.3, 0.4) is 0 Å². The Morgan fingerprint density at radius 3 is 2.56 bits per heavy atom. The number of para-hydroxylation sites is 1. The molecule has 0 aromatic heterocycles. The van der Waals surface area contributed by atoms with Gasteiger partial charge < -0.3 is 5.32 Å². The highest BCUT2D eigenvalue weighted by molar-refractivity contribution is 8.00. The van der Waals surface area contributed by atoms with Crippen LogP contribution in [0.25, 0.3) is 0 Å². The molecule has 0 bridgehead atoms. The van der Waals surface area contributed by atoms with Gasteiger partial charge in [0.2, 0.25) is 5.91 Å². The Balaban J connectivity index is 1.95. The standard InChI is InChI=1S/C14H10ClNOS/c15-10-7-5-9(6-8-10)13-14(17)16-11-3-1-2-4-12(11)18-13/h1-8,13H,(H,16,17). The summed E-state index contributed by atoms with van der Waals surface area (Å²) in [6.45, 7) is 0. The van der Waals surface area contributed by atoms with E-state index in [2.05, 4.69) is 5.32 Å². The zero-order valence-corrected chi connectivity index (χ0v) is 11.0. The van der Waals surface area contributed by atoms with Crippen molar-refractivity contribution in [1.82, 2.24) is 0 Å². The summed E-state index contributed by atoms with van der Waals surface area (Å²) >= 11 is 7.43. The van der Waals surface area contributed by atoms with Crippen molar-refractivity contribution in [3.63, 3.8) is 0 Å².